The molecular formula is C9H10F3NO3S. The molecule has 0 aliphatic rings. The summed E-state index contributed by atoms with van der Waals surface area (Å²) in [6, 6.07) is 5.83. The minimum Gasteiger partial charge on any atom is -0.399 e. The molecule has 0 saturated heterocycles. The molecule has 0 aliphatic heterocycles. The van der Waals surface area contributed by atoms with Gasteiger partial charge in [-0.3, -0.25) is 4.18 Å². The predicted molar refractivity (Wildman–Crippen MR) is 55.5 cm³/mol. The van der Waals surface area contributed by atoms with Gasteiger partial charge >= 0.3 is 6.18 Å². The van der Waals surface area contributed by atoms with Crippen LogP contribution >= 0.6 is 0 Å². The third kappa shape index (κ3) is 5.55. The quantitative estimate of drug-likeness (QED) is 0.667. The Morgan fingerprint density at radius 1 is 1.29 bits per heavy atom. The molecule has 0 atom stereocenters. The maximum atomic E-state index is 11.8. The maximum Gasteiger partial charge on any atom is 0.413 e. The highest BCUT2D eigenvalue weighted by atomic mass is 32.2. The lowest BCUT2D eigenvalue weighted by molar-refractivity contribution is -0.152. The summed E-state index contributed by atoms with van der Waals surface area (Å²) >= 11 is 0. The lowest BCUT2D eigenvalue weighted by Crippen LogP contribution is -2.21. The lowest BCUT2D eigenvalue weighted by atomic mass is 10.2. The van der Waals surface area contributed by atoms with Crippen molar-refractivity contribution in [2.75, 3.05) is 12.3 Å². The molecule has 0 spiro atoms. The maximum absolute atomic E-state index is 11.8. The summed E-state index contributed by atoms with van der Waals surface area (Å²) in [4.78, 5) is 0. The van der Waals surface area contributed by atoms with Crippen molar-refractivity contribution in [1.29, 1.82) is 0 Å². The topological polar surface area (TPSA) is 69.4 Å². The highest BCUT2D eigenvalue weighted by Crippen LogP contribution is 2.18. The van der Waals surface area contributed by atoms with Gasteiger partial charge in [0, 0.05) is 5.69 Å². The largest absolute Gasteiger partial charge is 0.413 e. The summed E-state index contributed by atoms with van der Waals surface area (Å²) in [6.45, 7) is -1.82. The molecule has 0 aliphatic carbocycles. The van der Waals surface area contributed by atoms with Crippen LogP contribution in [0.15, 0.2) is 24.3 Å². The molecule has 0 bridgehead atoms. The Labute approximate surface area is 96.3 Å². The minimum atomic E-state index is -4.68. The van der Waals surface area contributed by atoms with E-state index in [-0.39, 0.29) is 5.56 Å². The van der Waals surface area contributed by atoms with E-state index in [1.54, 1.807) is 0 Å². The summed E-state index contributed by atoms with van der Waals surface area (Å²) in [7, 11) is -4.26. The first-order valence-corrected chi connectivity index (χ1v) is 6.04. The van der Waals surface area contributed by atoms with Crippen LogP contribution in [0.4, 0.5) is 18.9 Å². The lowest BCUT2D eigenvalue weighted by Gasteiger charge is -2.08. The van der Waals surface area contributed by atoms with E-state index in [0.29, 0.717) is 5.69 Å². The van der Waals surface area contributed by atoms with Crippen molar-refractivity contribution < 1.29 is 25.8 Å². The Hall–Kier alpha value is -1.28. The summed E-state index contributed by atoms with van der Waals surface area (Å²) < 4.78 is 61.6. The normalized spacial score (nSPS) is 12.6. The van der Waals surface area contributed by atoms with Crippen molar-refractivity contribution in [2.24, 2.45) is 0 Å². The number of rotatable bonds is 4. The average molecular weight is 269 g/mol. The van der Waals surface area contributed by atoms with Crippen molar-refractivity contribution in [3.8, 4) is 0 Å². The number of benzene rings is 1. The van der Waals surface area contributed by atoms with Gasteiger partial charge in [-0.25, -0.2) is 0 Å². The van der Waals surface area contributed by atoms with Crippen molar-refractivity contribution in [3.05, 3.63) is 29.8 Å². The smallest absolute Gasteiger partial charge is 0.399 e. The molecule has 1 aromatic rings. The molecule has 0 unspecified atom stereocenters. The van der Waals surface area contributed by atoms with Crippen LogP contribution in [0.3, 0.4) is 0 Å². The Bertz CT molecular complexity index is 485. The van der Waals surface area contributed by atoms with Crippen molar-refractivity contribution in [1.82, 2.24) is 0 Å². The van der Waals surface area contributed by atoms with E-state index in [1.807, 2.05) is 0 Å². The first kappa shape index (κ1) is 13.8. The zero-order valence-corrected chi connectivity index (χ0v) is 9.38. The van der Waals surface area contributed by atoms with Gasteiger partial charge in [0.1, 0.15) is 5.75 Å². The van der Waals surface area contributed by atoms with Gasteiger partial charge in [0.2, 0.25) is 0 Å². The minimum absolute atomic E-state index is 0.271. The van der Waals surface area contributed by atoms with Crippen LogP contribution in [0.1, 0.15) is 5.56 Å². The van der Waals surface area contributed by atoms with E-state index < -0.39 is 28.7 Å². The molecule has 0 heterocycles. The second-order valence-electron chi connectivity index (χ2n) is 3.32. The van der Waals surface area contributed by atoms with E-state index in [2.05, 4.69) is 4.18 Å². The van der Waals surface area contributed by atoms with Crippen molar-refractivity contribution >= 4 is 15.8 Å². The standard InChI is InChI=1S/C9H10F3NO3S/c10-9(11,12)6-16-17(14,15)5-7-2-1-3-8(13)4-7/h1-4H,5-6,13H2. The van der Waals surface area contributed by atoms with Crippen LogP contribution in [0.2, 0.25) is 0 Å². The molecule has 4 nitrogen and oxygen atoms in total. The van der Waals surface area contributed by atoms with E-state index in [4.69, 9.17) is 5.73 Å². The summed E-state index contributed by atoms with van der Waals surface area (Å²) in [5.41, 5.74) is 6.00. The number of hydrogen-bond donors (Lipinski definition) is 1. The second kappa shape index (κ2) is 4.92. The molecule has 0 fully saturated rings. The van der Waals surface area contributed by atoms with Gasteiger partial charge in [-0.1, -0.05) is 12.1 Å². The number of hydrogen-bond acceptors (Lipinski definition) is 4. The highest BCUT2D eigenvalue weighted by Gasteiger charge is 2.30. The van der Waals surface area contributed by atoms with Gasteiger partial charge < -0.3 is 5.73 Å². The van der Waals surface area contributed by atoms with E-state index in [1.165, 1.54) is 24.3 Å². The van der Waals surface area contributed by atoms with Crippen LogP contribution in [0.25, 0.3) is 0 Å². The SMILES string of the molecule is Nc1cccc(CS(=O)(=O)OCC(F)(F)F)c1. The van der Waals surface area contributed by atoms with Crippen LogP contribution in [0, 0.1) is 0 Å². The molecule has 0 aromatic heterocycles. The van der Waals surface area contributed by atoms with Crippen LogP contribution < -0.4 is 5.73 Å². The van der Waals surface area contributed by atoms with Crippen LogP contribution in [0.5, 0.6) is 0 Å². The third-order valence-electron chi connectivity index (χ3n) is 1.70. The second-order valence-corrected chi connectivity index (χ2v) is 4.96. The molecule has 2 N–H and O–H groups in total. The van der Waals surface area contributed by atoms with E-state index in [0.717, 1.165) is 0 Å². The van der Waals surface area contributed by atoms with Crippen molar-refractivity contribution in [3.63, 3.8) is 0 Å². The summed E-state index contributed by atoms with van der Waals surface area (Å²) in [6.07, 6.45) is -4.68. The zero-order valence-electron chi connectivity index (χ0n) is 8.57. The Kier molecular flexibility index (Phi) is 3.99. The highest BCUT2D eigenvalue weighted by molar-refractivity contribution is 7.85. The third-order valence-corrected chi connectivity index (χ3v) is 2.86. The van der Waals surface area contributed by atoms with Crippen LogP contribution in [-0.4, -0.2) is 21.2 Å². The Balaban J connectivity index is 2.67. The average Bonchev–Trinajstić information content (AvgIpc) is 2.13. The van der Waals surface area contributed by atoms with E-state index in [9.17, 15) is 21.6 Å². The number of nitrogens with two attached hydrogens (primary N) is 1. The summed E-state index contributed by atoms with van der Waals surface area (Å²) in [5, 5.41) is 0. The molecule has 17 heavy (non-hydrogen) atoms. The molecular weight excluding hydrogens is 259 g/mol. The number of nitrogen functional groups attached to an aromatic ring is 1. The Morgan fingerprint density at radius 2 is 1.94 bits per heavy atom. The molecule has 8 heteroatoms. The van der Waals surface area contributed by atoms with Gasteiger partial charge in [0.15, 0.2) is 6.61 Å². The molecule has 0 amide bonds. The first-order chi connectivity index (χ1) is 7.68. The fourth-order valence-corrected chi connectivity index (χ4v) is 2.07. The Morgan fingerprint density at radius 3 is 2.47 bits per heavy atom. The van der Waals surface area contributed by atoms with Gasteiger partial charge in [-0.2, -0.15) is 21.6 Å². The molecule has 0 radical (unpaired) electrons. The predicted octanol–water partition coefficient (Wildman–Crippen LogP) is 1.68. The fraction of sp³-hybridized carbons (Fsp3) is 0.333. The van der Waals surface area contributed by atoms with Gasteiger partial charge in [0.25, 0.3) is 10.1 Å². The fourth-order valence-electron chi connectivity index (χ4n) is 1.09. The van der Waals surface area contributed by atoms with Gasteiger partial charge in [0.05, 0.1) is 0 Å². The zero-order chi connectivity index (χ0) is 13.1. The van der Waals surface area contributed by atoms with E-state index >= 15 is 0 Å². The number of anilines is 1. The molecule has 96 valence electrons. The molecule has 1 aromatic carbocycles. The molecule has 0 saturated carbocycles. The van der Waals surface area contributed by atoms with Gasteiger partial charge in [-0.15, -0.1) is 0 Å². The number of alkyl halides is 3. The van der Waals surface area contributed by atoms with Gasteiger partial charge in [-0.05, 0) is 17.7 Å². The van der Waals surface area contributed by atoms with Crippen LogP contribution in [-0.2, 0) is 20.1 Å². The van der Waals surface area contributed by atoms with Crippen molar-refractivity contribution in [2.45, 2.75) is 11.9 Å². The monoisotopic (exact) mass is 269 g/mol. The summed E-state index contributed by atoms with van der Waals surface area (Å²) in [5.74, 6) is -0.645. The molecule has 1 rings (SSSR count). The first-order valence-electron chi connectivity index (χ1n) is 4.46. The number of halogens is 3.